The van der Waals surface area contributed by atoms with Crippen LogP contribution in [-0.2, 0) is 0 Å². The molecule has 1 aromatic carbocycles. The first-order chi connectivity index (χ1) is 11.4. The Bertz CT molecular complexity index is 840. The molecule has 0 fully saturated rings. The molecular formula is C14H12Br3N7. The first-order valence-corrected chi connectivity index (χ1v) is 8.82. The van der Waals surface area contributed by atoms with Gasteiger partial charge in [-0.15, -0.1) is 0 Å². The van der Waals surface area contributed by atoms with Crippen molar-refractivity contribution in [3.63, 3.8) is 0 Å². The van der Waals surface area contributed by atoms with Crippen LogP contribution in [0.2, 0.25) is 0 Å². The summed E-state index contributed by atoms with van der Waals surface area (Å²) in [5.41, 5.74) is 18.9. The molecule has 7 nitrogen and oxygen atoms in total. The molecule has 0 radical (unpaired) electrons. The number of nitrogen functional groups attached to an aromatic ring is 3. The van der Waals surface area contributed by atoms with Crippen LogP contribution >= 0.6 is 47.8 Å². The van der Waals surface area contributed by atoms with Crippen molar-refractivity contribution in [3.05, 3.63) is 50.5 Å². The van der Waals surface area contributed by atoms with Crippen molar-refractivity contribution >= 4 is 65.1 Å². The number of rotatable bonds is 1. The number of aromatic nitrogens is 4. The average Bonchev–Trinajstić information content (AvgIpc) is 2.55. The maximum atomic E-state index is 5.73. The van der Waals surface area contributed by atoms with Crippen LogP contribution in [0.15, 0.2) is 50.5 Å². The maximum absolute atomic E-state index is 5.73. The van der Waals surface area contributed by atoms with Gasteiger partial charge in [-0.3, -0.25) is 0 Å². The molecule has 124 valence electrons. The molecule has 0 bridgehead atoms. The summed E-state index contributed by atoms with van der Waals surface area (Å²) in [6, 6.07) is 7.33. The SMILES string of the molecule is Nc1ccc(-c2nc(Br)cnc2N)cc1.Nc1ncc(Br)nc1Br. The summed E-state index contributed by atoms with van der Waals surface area (Å²) >= 11 is 9.51. The molecule has 0 amide bonds. The van der Waals surface area contributed by atoms with Crippen molar-refractivity contribution in [3.8, 4) is 11.3 Å². The van der Waals surface area contributed by atoms with Crippen LogP contribution in [0.1, 0.15) is 0 Å². The summed E-state index contributed by atoms with van der Waals surface area (Å²) in [7, 11) is 0. The Kier molecular flexibility index (Phi) is 6.46. The molecular weight excluding hydrogens is 506 g/mol. The molecule has 0 aliphatic rings. The zero-order valence-electron chi connectivity index (χ0n) is 12.1. The first-order valence-electron chi connectivity index (χ1n) is 6.44. The highest BCUT2D eigenvalue weighted by Crippen LogP contribution is 2.24. The van der Waals surface area contributed by atoms with E-state index in [0.29, 0.717) is 36.8 Å². The highest BCUT2D eigenvalue weighted by atomic mass is 79.9. The standard InChI is InChI=1S/C10H9BrN4.C4H3Br2N3/c11-8-5-14-10(13)9(15-8)6-1-3-7(12)4-2-6;5-2-1-8-4(7)3(6)9-2/h1-5H,12H2,(H2,13,14);1H,(H2,7,8). The van der Waals surface area contributed by atoms with Crippen LogP contribution in [0.3, 0.4) is 0 Å². The predicted molar refractivity (Wildman–Crippen MR) is 106 cm³/mol. The Morgan fingerprint density at radius 2 is 1.25 bits per heavy atom. The number of nitrogens with zero attached hydrogens (tertiary/aromatic N) is 4. The highest BCUT2D eigenvalue weighted by molar-refractivity contribution is 9.11. The largest absolute Gasteiger partial charge is 0.399 e. The molecule has 3 rings (SSSR count). The summed E-state index contributed by atoms with van der Waals surface area (Å²) in [6.45, 7) is 0. The van der Waals surface area contributed by atoms with E-state index in [1.54, 1.807) is 24.5 Å². The second-order valence-electron chi connectivity index (χ2n) is 4.42. The molecule has 0 unspecified atom stereocenters. The summed E-state index contributed by atoms with van der Waals surface area (Å²) in [6.07, 6.45) is 3.11. The maximum Gasteiger partial charge on any atom is 0.156 e. The van der Waals surface area contributed by atoms with Crippen LogP contribution in [0.25, 0.3) is 11.3 Å². The zero-order valence-corrected chi connectivity index (χ0v) is 16.9. The van der Waals surface area contributed by atoms with Gasteiger partial charge < -0.3 is 17.2 Å². The van der Waals surface area contributed by atoms with E-state index >= 15 is 0 Å². The number of halogens is 3. The van der Waals surface area contributed by atoms with Crippen LogP contribution in [0.4, 0.5) is 17.3 Å². The summed E-state index contributed by atoms with van der Waals surface area (Å²) in [5, 5.41) is 0. The Labute approximate surface area is 163 Å². The smallest absolute Gasteiger partial charge is 0.156 e. The van der Waals surface area contributed by atoms with Gasteiger partial charge in [0.1, 0.15) is 25.3 Å². The molecule has 24 heavy (non-hydrogen) atoms. The molecule has 0 atom stereocenters. The first kappa shape index (κ1) is 18.6. The minimum absolute atomic E-state index is 0.401. The highest BCUT2D eigenvalue weighted by Gasteiger charge is 2.05. The topological polar surface area (TPSA) is 130 Å². The minimum Gasteiger partial charge on any atom is -0.399 e. The fraction of sp³-hybridized carbons (Fsp3) is 0. The predicted octanol–water partition coefficient (Wildman–Crippen LogP) is 3.65. The number of benzene rings is 1. The summed E-state index contributed by atoms with van der Waals surface area (Å²) in [5.74, 6) is 0.807. The van der Waals surface area contributed by atoms with Crippen LogP contribution in [0, 0.1) is 0 Å². The van der Waals surface area contributed by atoms with Crippen LogP contribution in [0.5, 0.6) is 0 Å². The van der Waals surface area contributed by atoms with E-state index in [0.717, 1.165) is 5.56 Å². The molecule has 0 saturated heterocycles. The molecule has 0 aliphatic heterocycles. The lowest BCUT2D eigenvalue weighted by atomic mass is 10.1. The average molecular weight is 518 g/mol. The van der Waals surface area contributed by atoms with E-state index < -0.39 is 0 Å². The number of nitrogens with two attached hydrogens (primary N) is 3. The lowest BCUT2D eigenvalue weighted by Gasteiger charge is -2.04. The lowest BCUT2D eigenvalue weighted by Crippen LogP contribution is -1.97. The van der Waals surface area contributed by atoms with E-state index in [1.807, 2.05) is 12.1 Å². The van der Waals surface area contributed by atoms with E-state index in [-0.39, 0.29) is 0 Å². The van der Waals surface area contributed by atoms with Crippen molar-refractivity contribution in [1.29, 1.82) is 0 Å². The van der Waals surface area contributed by atoms with Crippen molar-refractivity contribution < 1.29 is 0 Å². The molecule has 6 N–H and O–H groups in total. The monoisotopic (exact) mass is 515 g/mol. The van der Waals surface area contributed by atoms with E-state index in [9.17, 15) is 0 Å². The second kappa shape index (κ2) is 8.36. The van der Waals surface area contributed by atoms with Crippen molar-refractivity contribution in [2.45, 2.75) is 0 Å². The van der Waals surface area contributed by atoms with Crippen molar-refractivity contribution in [1.82, 2.24) is 19.9 Å². The van der Waals surface area contributed by atoms with E-state index in [4.69, 9.17) is 17.2 Å². The van der Waals surface area contributed by atoms with Gasteiger partial charge in [0, 0.05) is 11.3 Å². The third-order valence-electron chi connectivity index (χ3n) is 2.68. The van der Waals surface area contributed by atoms with Gasteiger partial charge in [0.05, 0.1) is 12.4 Å². The minimum atomic E-state index is 0.401. The third-order valence-corrected chi connectivity index (χ3v) is 4.03. The van der Waals surface area contributed by atoms with Gasteiger partial charge in [0.15, 0.2) is 5.82 Å². The molecule has 0 saturated carbocycles. The van der Waals surface area contributed by atoms with Gasteiger partial charge >= 0.3 is 0 Å². The molecule has 2 aromatic heterocycles. The van der Waals surface area contributed by atoms with Crippen molar-refractivity contribution in [2.24, 2.45) is 0 Å². The number of hydrogen-bond donors (Lipinski definition) is 3. The Balaban J connectivity index is 0.000000198. The van der Waals surface area contributed by atoms with Gasteiger partial charge in [-0.25, -0.2) is 19.9 Å². The molecule has 0 spiro atoms. The zero-order chi connectivity index (χ0) is 17.7. The van der Waals surface area contributed by atoms with Crippen LogP contribution < -0.4 is 17.2 Å². The van der Waals surface area contributed by atoms with Crippen LogP contribution in [-0.4, -0.2) is 19.9 Å². The Hall–Kier alpha value is -1.78. The van der Waals surface area contributed by atoms with Gasteiger partial charge in [-0.05, 0) is 59.9 Å². The molecule has 0 aliphatic carbocycles. The van der Waals surface area contributed by atoms with Crippen molar-refractivity contribution in [2.75, 3.05) is 17.2 Å². The quantitative estimate of drug-likeness (QED) is 0.420. The fourth-order valence-corrected chi connectivity index (χ4v) is 2.68. The summed E-state index contributed by atoms with van der Waals surface area (Å²) < 4.78 is 1.89. The van der Waals surface area contributed by atoms with Gasteiger partial charge in [0.25, 0.3) is 0 Å². The number of anilines is 3. The molecule has 3 aromatic rings. The fourth-order valence-electron chi connectivity index (χ4n) is 1.59. The second-order valence-corrected chi connectivity index (χ2v) is 6.79. The third kappa shape index (κ3) is 5.11. The lowest BCUT2D eigenvalue weighted by molar-refractivity contribution is 1.14. The molecule has 2 heterocycles. The van der Waals surface area contributed by atoms with Gasteiger partial charge in [-0.1, -0.05) is 12.1 Å². The molecule has 10 heteroatoms. The normalized spacial score (nSPS) is 9.96. The summed E-state index contributed by atoms with van der Waals surface area (Å²) in [4.78, 5) is 16.0. The van der Waals surface area contributed by atoms with E-state index in [2.05, 4.69) is 67.7 Å². The Morgan fingerprint density at radius 3 is 1.79 bits per heavy atom. The Morgan fingerprint density at radius 1 is 0.708 bits per heavy atom. The van der Waals surface area contributed by atoms with Gasteiger partial charge in [0.2, 0.25) is 0 Å². The van der Waals surface area contributed by atoms with E-state index in [1.165, 1.54) is 0 Å². The number of hydrogen-bond acceptors (Lipinski definition) is 7. The van der Waals surface area contributed by atoms with Gasteiger partial charge in [-0.2, -0.15) is 0 Å².